The Morgan fingerprint density at radius 2 is 1.70 bits per heavy atom. The predicted molar refractivity (Wildman–Crippen MR) is 67.0 cm³/mol. The van der Waals surface area contributed by atoms with Crippen LogP contribution in [0, 0.1) is 0 Å². The van der Waals surface area contributed by atoms with Gasteiger partial charge in [0.25, 0.3) is 0 Å². The largest absolute Gasteiger partial charge is 0.471 e. The summed E-state index contributed by atoms with van der Waals surface area (Å²) >= 11 is 0. The lowest BCUT2D eigenvalue weighted by Gasteiger charge is -2.08. The van der Waals surface area contributed by atoms with Gasteiger partial charge >= 0.3 is 12.1 Å². The second-order valence-corrected chi connectivity index (χ2v) is 4.17. The number of hydrogen-bond acceptors (Lipinski definition) is 3. The first-order chi connectivity index (χ1) is 9.38. The highest BCUT2D eigenvalue weighted by atomic mass is 19.4. The van der Waals surface area contributed by atoms with Gasteiger partial charge in [0.1, 0.15) is 0 Å². The molecule has 0 atom stereocenters. The van der Waals surface area contributed by atoms with Gasteiger partial charge in [-0.25, -0.2) is 0 Å². The number of carbonyl (C=O) groups excluding carboxylic acids is 2. The molecule has 5 nitrogen and oxygen atoms in total. The molecule has 0 saturated carbocycles. The topological polar surface area (TPSA) is 67.4 Å². The Hall–Kier alpha value is -1.31. The maximum absolute atomic E-state index is 11.8. The van der Waals surface area contributed by atoms with E-state index in [2.05, 4.69) is 12.2 Å². The van der Waals surface area contributed by atoms with E-state index in [1.807, 2.05) is 0 Å². The predicted octanol–water partition coefficient (Wildman–Crippen LogP) is 1.38. The van der Waals surface area contributed by atoms with E-state index in [0.717, 1.165) is 12.8 Å². The molecule has 2 amide bonds. The van der Waals surface area contributed by atoms with E-state index in [4.69, 9.17) is 4.74 Å². The first-order valence-corrected chi connectivity index (χ1v) is 6.57. The minimum absolute atomic E-state index is 0.182. The van der Waals surface area contributed by atoms with Crippen LogP contribution in [0.2, 0.25) is 0 Å². The Balaban J connectivity index is 3.44. The summed E-state index contributed by atoms with van der Waals surface area (Å²) in [7, 11) is 0. The van der Waals surface area contributed by atoms with Crippen LogP contribution in [0.3, 0.4) is 0 Å². The molecular formula is C12H21F3N2O3. The zero-order valence-electron chi connectivity index (χ0n) is 11.5. The summed E-state index contributed by atoms with van der Waals surface area (Å²) in [6.07, 6.45) is -2.40. The summed E-state index contributed by atoms with van der Waals surface area (Å²) in [4.78, 5) is 21.7. The first-order valence-electron chi connectivity index (χ1n) is 6.57. The van der Waals surface area contributed by atoms with Crippen molar-refractivity contribution in [3.8, 4) is 0 Å². The zero-order chi connectivity index (χ0) is 15.4. The average molecular weight is 298 g/mol. The highest BCUT2D eigenvalue weighted by Crippen LogP contribution is 2.13. The molecule has 2 N–H and O–H groups in total. The van der Waals surface area contributed by atoms with Crippen LogP contribution in [-0.4, -0.2) is 44.3 Å². The fraction of sp³-hybridized carbons (Fsp3) is 0.833. The molecule has 0 aliphatic heterocycles. The van der Waals surface area contributed by atoms with Crippen molar-refractivity contribution in [1.29, 1.82) is 0 Å². The highest BCUT2D eigenvalue weighted by Gasteiger charge is 2.38. The van der Waals surface area contributed by atoms with Gasteiger partial charge in [-0.3, -0.25) is 9.59 Å². The van der Waals surface area contributed by atoms with Crippen molar-refractivity contribution in [2.75, 3.05) is 26.3 Å². The number of halogens is 3. The van der Waals surface area contributed by atoms with Crippen LogP contribution in [0.1, 0.15) is 32.6 Å². The van der Waals surface area contributed by atoms with Crippen molar-refractivity contribution >= 4 is 11.8 Å². The summed E-state index contributed by atoms with van der Waals surface area (Å²) in [6.45, 7) is 3.34. The molecule has 0 spiro atoms. The van der Waals surface area contributed by atoms with Crippen LogP contribution < -0.4 is 10.6 Å². The van der Waals surface area contributed by atoms with Gasteiger partial charge in [0.15, 0.2) is 0 Å². The molecule has 0 saturated heterocycles. The van der Waals surface area contributed by atoms with Crippen molar-refractivity contribution in [1.82, 2.24) is 10.6 Å². The second kappa shape index (κ2) is 10.5. The van der Waals surface area contributed by atoms with Crippen molar-refractivity contribution in [2.24, 2.45) is 0 Å². The summed E-state index contributed by atoms with van der Waals surface area (Å²) in [5.74, 6) is -2.43. The van der Waals surface area contributed by atoms with E-state index in [9.17, 15) is 22.8 Å². The smallest absolute Gasteiger partial charge is 0.381 e. The quantitative estimate of drug-likeness (QED) is 0.599. The van der Waals surface area contributed by atoms with Gasteiger partial charge in [0.2, 0.25) is 5.91 Å². The monoisotopic (exact) mass is 298 g/mol. The lowest BCUT2D eigenvalue weighted by Crippen LogP contribution is -2.39. The van der Waals surface area contributed by atoms with Crippen LogP contribution in [0.5, 0.6) is 0 Å². The minimum Gasteiger partial charge on any atom is -0.381 e. The van der Waals surface area contributed by atoms with E-state index < -0.39 is 18.0 Å². The number of hydrogen-bond donors (Lipinski definition) is 2. The third-order valence-electron chi connectivity index (χ3n) is 2.32. The minimum atomic E-state index is -4.91. The van der Waals surface area contributed by atoms with Gasteiger partial charge in [-0.2, -0.15) is 13.2 Å². The summed E-state index contributed by atoms with van der Waals surface area (Å²) in [5.41, 5.74) is 0. The number of rotatable bonds is 10. The molecule has 0 unspecified atom stereocenters. The standard InChI is InChI=1S/C12H21F3N2O3/c1-2-3-8-20-9-4-6-16-10(18)5-7-17-11(19)12(13,14)15/h2-9H2,1H3,(H,16,18)(H,17,19). The molecule has 20 heavy (non-hydrogen) atoms. The molecule has 0 aliphatic rings. The molecule has 0 bridgehead atoms. The van der Waals surface area contributed by atoms with E-state index >= 15 is 0 Å². The van der Waals surface area contributed by atoms with E-state index in [1.165, 1.54) is 0 Å². The number of nitrogens with one attached hydrogen (secondary N) is 2. The first kappa shape index (κ1) is 18.7. The number of alkyl halides is 3. The average Bonchev–Trinajstić information content (AvgIpc) is 2.36. The Labute approximate surface area is 116 Å². The molecule has 0 aromatic carbocycles. The molecular weight excluding hydrogens is 277 g/mol. The third kappa shape index (κ3) is 10.6. The molecule has 118 valence electrons. The van der Waals surface area contributed by atoms with Gasteiger partial charge in [0.05, 0.1) is 0 Å². The summed E-state index contributed by atoms with van der Waals surface area (Å²) < 4.78 is 40.7. The normalized spacial score (nSPS) is 11.2. The molecule has 0 fully saturated rings. The van der Waals surface area contributed by atoms with E-state index in [1.54, 1.807) is 5.32 Å². The molecule has 0 radical (unpaired) electrons. The number of amides is 2. The van der Waals surface area contributed by atoms with Gasteiger partial charge in [-0.05, 0) is 12.8 Å². The van der Waals surface area contributed by atoms with Crippen LogP contribution in [0.15, 0.2) is 0 Å². The summed E-state index contributed by atoms with van der Waals surface area (Å²) in [5, 5.41) is 4.16. The van der Waals surface area contributed by atoms with E-state index in [0.29, 0.717) is 26.2 Å². The Morgan fingerprint density at radius 3 is 2.30 bits per heavy atom. The Kier molecular flexibility index (Phi) is 9.79. The number of carbonyl (C=O) groups is 2. The van der Waals surface area contributed by atoms with Gasteiger partial charge < -0.3 is 15.4 Å². The SMILES string of the molecule is CCCCOCCCNC(=O)CCNC(=O)C(F)(F)F. The number of unbranched alkanes of at least 4 members (excludes halogenated alkanes) is 1. The van der Waals surface area contributed by atoms with Crippen molar-refractivity contribution in [3.63, 3.8) is 0 Å². The third-order valence-corrected chi connectivity index (χ3v) is 2.32. The fourth-order valence-electron chi connectivity index (χ4n) is 1.23. The summed E-state index contributed by atoms with van der Waals surface area (Å²) in [6, 6.07) is 0. The maximum Gasteiger partial charge on any atom is 0.471 e. The zero-order valence-corrected chi connectivity index (χ0v) is 11.5. The van der Waals surface area contributed by atoms with Crippen LogP contribution >= 0.6 is 0 Å². The van der Waals surface area contributed by atoms with Crippen LogP contribution in [-0.2, 0) is 14.3 Å². The van der Waals surface area contributed by atoms with E-state index in [-0.39, 0.29) is 13.0 Å². The van der Waals surface area contributed by atoms with Crippen molar-refractivity contribution in [3.05, 3.63) is 0 Å². The highest BCUT2D eigenvalue weighted by molar-refractivity contribution is 5.82. The lowest BCUT2D eigenvalue weighted by molar-refractivity contribution is -0.173. The number of ether oxygens (including phenoxy) is 1. The molecule has 0 rings (SSSR count). The van der Waals surface area contributed by atoms with Gasteiger partial charge in [-0.1, -0.05) is 13.3 Å². The van der Waals surface area contributed by atoms with Crippen LogP contribution in [0.4, 0.5) is 13.2 Å². The molecule has 0 aromatic rings. The molecule has 8 heteroatoms. The Morgan fingerprint density at radius 1 is 1.05 bits per heavy atom. The van der Waals surface area contributed by atoms with Gasteiger partial charge in [0, 0.05) is 32.7 Å². The van der Waals surface area contributed by atoms with Gasteiger partial charge in [-0.15, -0.1) is 0 Å². The van der Waals surface area contributed by atoms with Crippen molar-refractivity contribution < 1.29 is 27.5 Å². The molecule has 0 heterocycles. The maximum atomic E-state index is 11.8. The van der Waals surface area contributed by atoms with Crippen LogP contribution in [0.25, 0.3) is 0 Å². The Bertz CT molecular complexity index is 296. The van der Waals surface area contributed by atoms with Crippen molar-refractivity contribution in [2.45, 2.75) is 38.8 Å². The molecule has 0 aliphatic carbocycles. The molecule has 0 aromatic heterocycles. The fourth-order valence-corrected chi connectivity index (χ4v) is 1.23. The second-order valence-electron chi connectivity index (χ2n) is 4.17. The lowest BCUT2D eigenvalue weighted by atomic mass is 10.3.